The number of aliphatic hydroxyl groups excluding tert-OH is 1. The standard InChI is InChI=1S/C15H18ClNO3.ClH/c1-10(18)8-17-9-12-4-6-14(20-12)11-3-5-15(19-2)13(16)7-11;/h3-7,10,17-18H,8-9H2,1-2H3;1H. The number of ether oxygens (including phenoxy) is 1. The molecule has 1 atom stereocenters. The van der Waals surface area contributed by atoms with Crippen molar-refractivity contribution >= 4 is 24.0 Å². The molecule has 0 saturated carbocycles. The lowest BCUT2D eigenvalue weighted by Crippen LogP contribution is -2.23. The van der Waals surface area contributed by atoms with Crippen molar-refractivity contribution < 1.29 is 14.3 Å². The summed E-state index contributed by atoms with van der Waals surface area (Å²) in [6.07, 6.45) is -0.371. The van der Waals surface area contributed by atoms with Crippen LogP contribution in [0.25, 0.3) is 11.3 Å². The minimum Gasteiger partial charge on any atom is -0.495 e. The number of halogens is 2. The summed E-state index contributed by atoms with van der Waals surface area (Å²) < 4.78 is 10.9. The minimum absolute atomic E-state index is 0. The molecule has 0 saturated heterocycles. The number of furan rings is 1. The number of benzene rings is 1. The first-order valence-corrected chi connectivity index (χ1v) is 6.79. The highest BCUT2D eigenvalue weighted by Gasteiger charge is 2.08. The summed E-state index contributed by atoms with van der Waals surface area (Å²) in [5.74, 6) is 2.21. The van der Waals surface area contributed by atoms with Crippen LogP contribution in [0.15, 0.2) is 34.7 Å². The van der Waals surface area contributed by atoms with E-state index < -0.39 is 0 Å². The highest BCUT2D eigenvalue weighted by molar-refractivity contribution is 6.32. The van der Waals surface area contributed by atoms with E-state index in [0.29, 0.717) is 23.9 Å². The molecule has 0 spiro atoms. The van der Waals surface area contributed by atoms with Crippen LogP contribution in [-0.4, -0.2) is 24.9 Å². The highest BCUT2D eigenvalue weighted by Crippen LogP contribution is 2.30. The Bertz CT molecular complexity index is 570. The number of nitrogens with one attached hydrogen (secondary N) is 1. The molecule has 1 aromatic carbocycles. The van der Waals surface area contributed by atoms with Crippen LogP contribution in [0.1, 0.15) is 12.7 Å². The Morgan fingerprint density at radius 3 is 2.71 bits per heavy atom. The maximum atomic E-state index is 9.17. The van der Waals surface area contributed by atoms with Crippen molar-refractivity contribution in [1.82, 2.24) is 5.32 Å². The van der Waals surface area contributed by atoms with Crippen LogP contribution >= 0.6 is 24.0 Å². The molecule has 0 aliphatic carbocycles. The molecule has 0 aliphatic heterocycles. The second kappa shape index (κ2) is 8.29. The lowest BCUT2D eigenvalue weighted by atomic mass is 10.2. The van der Waals surface area contributed by atoms with Gasteiger partial charge in [0, 0.05) is 12.1 Å². The van der Waals surface area contributed by atoms with E-state index in [1.807, 2.05) is 30.3 Å². The van der Waals surface area contributed by atoms with E-state index in [-0.39, 0.29) is 18.5 Å². The average molecular weight is 332 g/mol. The van der Waals surface area contributed by atoms with E-state index in [1.165, 1.54) is 0 Å². The van der Waals surface area contributed by atoms with Crippen LogP contribution in [0.4, 0.5) is 0 Å². The molecule has 6 heteroatoms. The van der Waals surface area contributed by atoms with Crippen molar-refractivity contribution in [3.05, 3.63) is 41.1 Å². The molecule has 0 fully saturated rings. The molecule has 1 aromatic heterocycles. The van der Waals surface area contributed by atoms with E-state index in [9.17, 15) is 5.11 Å². The first-order valence-electron chi connectivity index (χ1n) is 6.41. The Labute approximate surface area is 135 Å². The van der Waals surface area contributed by atoms with Crippen molar-refractivity contribution in [2.45, 2.75) is 19.6 Å². The third-order valence-electron chi connectivity index (χ3n) is 2.84. The highest BCUT2D eigenvalue weighted by atomic mass is 35.5. The number of aliphatic hydroxyl groups is 1. The smallest absolute Gasteiger partial charge is 0.137 e. The molecule has 1 heterocycles. The van der Waals surface area contributed by atoms with Crippen LogP contribution in [-0.2, 0) is 6.54 Å². The summed E-state index contributed by atoms with van der Waals surface area (Å²) in [4.78, 5) is 0. The summed E-state index contributed by atoms with van der Waals surface area (Å²) in [5.41, 5.74) is 0.901. The van der Waals surface area contributed by atoms with Gasteiger partial charge < -0.3 is 19.6 Å². The molecule has 116 valence electrons. The molecule has 0 amide bonds. The van der Waals surface area contributed by atoms with Gasteiger partial charge >= 0.3 is 0 Å². The van der Waals surface area contributed by atoms with Gasteiger partial charge in [-0.25, -0.2) is 0 Å². The number of hydrogen-bond donors (Lipinski definition) is 2. The molecule has 4 nitrogen and oxygen atoms in total. The molecule has 2 N–H and O–H groups in total. The van der Waals surface area contributed by atoms with Crippen LogP contribution in [0.5, 0.6) is 5.75 Å². The van der Waals surface area contributed by atoms with Gasteiger partial charge in [-0.3, -0.25) is 0 Å². The fourth-order valence-corrected chi connectivity index (χ4v) is 2.11. The molecule has 2 aromatic rings. The topological polar surface area (TPSA) is 54.6 Å². The summed E-state index contributed by atoms with van der Waals surface area (Å²) >= 11 is 6.10. The summed E-state index contributed by atoms with van der Waals surface area (Å²) in [6.45, 7) is 2.85. The zero-order chi connectivity index (χ0) is 14.5. The molecule has 21 heavy (non-hydrogen) atoms. The number of methoxy groups -OCH3 is 1. The van der Waals surface area contributed by atoms with E-state index in [2.05, 4.69) is 5.32 Å². The van der Waals surface area contributed by atoms with Gasteiger partial charge in [-0.2, -0.15) is 0 Å². The zero-order valence-electron chi connectivity index (χ0n) is 11.9. The van der Waals surface area contributed by atoms with Crippen molar-refractivity contribution in [3.8, 4) is 17.1 Å². The quantitative estimate of drug-likeness (QED) is 0.850. The number of rotatable bonds is 6. The van der Waals surface area contributed by atoms with Gasteiger partial charge in [-0.15, -0.1) is 12.4 Å². The van der Waals surface area contributed by atoms with E-state index in [4.69, 9.17) is 20.8 Å². The third kappa shape index (κ3) is 4.93. The Hall–Kier alpha value is -1.20. The maximum Gasteiger partial charge on any atom is 0.137 e. The van der Waals surface area contributed by atoms with Gasteiger partial charge in [-0.1, -0.05) is 11.6 Å². The van der Waals surface area contributed by atoms with E-state index in [0.717, 1.165) is 17.1 Å². The fourth-order valence-electron chi connectivity index (χ4n) is 1.85. The minimum atomic E-state index is -0.371. The Morgan fingerprint density at radius 2 is 2.10 bits per heavy atom. The predicted molar refractivity (Wildman–Crippen MR) is 86.3 cm³/mol. The van der Waals surface area contributed by atoms with E-state index >= 15 is 0 Å². The molecular formula is C15H19Cl2NO3. The Balaban J connectivity index is 0.00000220. The van der Waals surface area contributed by atoms with Gasteiger partial charge in [-0.05, 0) is 37.3 Å². The Morgan fingerprint density at radius 1 is 1.33 bits per heavy atom. The lowest BCUT2D eigenvalue weighted by molar-refractivity contribution is 0.190. The predicted octanol–water partition coefficient (Wildman–Crippen LogP) is 3.50. The summed E-state index contributed by atoms with van der Waals surface area (Å²) in [6, 6.07) is 9.33. The normalized spacial score (nSPS) is 11.8. The average Bonchev–Trinajstić information content (AvgIpc) is 2.87. The molecule has 0 aliphatic rings. The van der Waals surface area contributed by atoms with Gasteiger partial charge in [0.2, 0.25) is 0 Å². The maximum absolute atomic E-state index is 9.17. The first kappa shape index (κ1) is 17.9. The molecule has 0 radical (unpaired) electrons. The second-order valence-corrected chi connectivity index (χ2v) is 5.00. The third-order valence-corrected chi connectivity index (χ3v) is 3.13. The van der Waals surface area contributed by atoms with Gasteiger partial charge in [0.1, 0.15) is 17.3 Å². The number of hydrogen-bond acceptors (Lipinski definition) is 4. The van der Waals surface area contributed by atoms with Crippen LogP contribution in [0.3, 0.4) is 0 Å². The molecule has 0 bridgehead atoms. The van der Waals surface area contributed by atoms with E-state index in [1.54, 1.807) is 14.0 Å². The van der Waals surface area contributed by atoms with Crippen molar-refractivity contribution in [2.24, 2.45) is 0 Å². The van der Waals surface area contributed by atoms with Crippen molar-refractivity contribution in [2.75, 3.05) is 13.7 Å². The van der Waals surface area contributed by atoms with Gasteiger partial charge in [0.15, 0.2) is 0 Å². The van der Waals surface area contributed by atoms with Gasteiger partial charge in [0.25, 0.3) is 0 Å². The fraction of sp³-hybridized carbons (Fsp3) is 0.333. The largest absolute Gasteiger partial charge is 0.495 e. The van der Waals surface area contributed by atoms with Crippen LogP contribution in [0.2, 0.25) is 5.02 Å². The van der Waals surface area contributed by atoms with Crippen molar-refractivity contribution in [1.29, 1.82) is 0 Å². The Kier molecular flexibility index (Phi) is 7.05. The zero-order valence-corrected chi connectivity index (χ0v) is 13.5. The van der Waals surface area contributed by atoms with Gasteiger partial charge in [0.05, 0.1) is 24.8 Å². The van der Waals surface area contributed by atoms with Crippen LogP contribution in [0, 0.1) is 0 Å². The molecule has 2 rings (SSSR count). The monoisotopic (exact) mass is 331 g/mol. The summed E-state index contributed by atoms with van der Waals surface area (Å²) in [5, 5.41) is 12.8. The molecule has 1 unspecified atom stereocenters. The van der Waals surface area contributed by atoms with Crippen LogP contribution < -0.4 is 10.1 Å². The molecular weight excluding hydrogens is 313 g/mol. The second-order valence-electron chi connectivity index (χ2n) is 4.60. The lowest BCUT2D eigenvalue weighted by Gasteiger charge is -2.05. The summed E-state index contributed by atoms with van der Waals surface area (Å²) in [7, 11) is 1.58. The van der Waals surface area contributed by atoms with Crippen molar-refractivity contribution in [3.63, 3.8) is 0 Å². The first-order chi connectivity index (χ1) is 9.60. The SMILES string of the molecule is COc1ccc(-c2ccc(CNCC(C)O)o2)cc1Cl.Cl.